The van der Waals surface area contributed by atoms with Crippen molar-refractivity contribution in [1.29, 1.82) is 0 Å². The number of hydrogen-bond donors (Lipinski definition) is 1. The normalized spacial score (nSPS) is 10.2. The van der Waals surface area contributed by atoms with Gasteiger partial charge in [-0.1, -0.05) is 0 Å². The number of carbonyl (C=O) groups is 1. The number of nitro groups is 1. The van der Waals surface area contributed by atoms with Crippen LogP contribution < -0.4 is 5.73 Å². The Kier molecular flexibility index (Phi) is 3.60. The standard InChI is InChI=1S/C11H11N5O4/c1-2-20-11(17)7-5-14-15(10(7)12)8-3-4-13-6-9(8)16(18)19/h3-6H,2,12H2,1H3. The molecule has 0 radical (unpaired) electrons. The number of ether oxygens (including phenoxy) is 1. The lowest BCUT2D eigenvalue weighted by Gasteiger charge is -2.05. The van der Waals surface area contributed by atoms with Gasteiger partial charge in [-0.05, 0) is 13.0 Å². The van der Waals surface area contributed by atoms with Crippen molar-refractivity contribution in [2.75, 3.05) is 12.3 Å². The molecule has 0 amide bonds. The van der Waals surface area contributed by atoms with Crippen LogP contribution in [0, 0.1) is 10.1 Å². The first kappa shape index (κ1) is 13.5. The van der Waals surface area contributed by atoms with E-state index < -0.39 is 10.9 Å². The average Bonchev–Trinajstić information content (AvgIpc) is 2.80. The van der Waals surface area contributed by atoms with Gasteiger partial charge in [0.25, 0.3) is 0 Å². The second kappa shape index (κ2) is 5.34. The summed E-state index contributed by atoms with van der Waals surface area (Å²) in [7, 11) is 0. The third kappa shape index (κ3) is 2.28. The predicted molar refractivity (Wildman–Crippen MR) is 68.4 cm³/mol. The van der Waals surface area contributed by atoms with Crippen molar-refractivity contribution < 1.29 is 14.5 Å². The first-order valence-electron chi connectivity index (χ1n) is 5.65. The number of anilines is 1. The molecule has 0 saturated heterocycles. The third-order valence-electron chi connectivity index (χ3n) is 2.50. The zero-order chi connectivity index (χ0) is 14.7. The van der Waals surface area contributed by atoms with Gasteiger partial charge in [-0.25, -0.2) is 9.48 Å². The summed E-state index contributed by atoms with van der Waals surface area (Å²) in [6.45, 7) is 1.85. The van der Waals surface area contributed by atoms with E-state index in [2.05, 4.69) is 10.1 Å². The van der Waals surface area contributed by atoms with E-state index in [1.54, 1.807) is 6.92 Å². The van der Waals surface area contributed by atoms with E-state index in [-0.39, 0.29) is 29.4 Å². The summed E-state index contributed by atoms with van der Waals surface area (Å²) in [6.07, 6.45) is 3.66. The number of rotatable bonds is 4. The minimum absolute atomic E-state index is 0.0299. The predicted octanol–water partition coefficient (Wildman–Crippen LogP) is 0.934. The molecule has 2 N–H and O–H groups in total. The molecule has 2 rings (SSSR count). The van der Waals surface area contributed by atoms with Crippen LogP contribution in [0.5, 0.6) is 0 Å². The molecule has 0 saturated carbocycles. The molecule has 2 aromatic rings. The highest BCUT2D eigenvalue weighted by molar-refractivity contribution is 5.94. The molecular weight excluding hydrogens is 266 g/mol. The van der Waals surface area contributed by atoms with Crippen LogP contribution in [0.25, 0.3) is 5.69 Å². The molecule has 9 heteroatoms. The van der Waals surface area contributed by atoms with Gasteiger partial charge in [0.1, 0.15) is 23.3 Å². The smallest absolute Gasteiger partial charge is 0.343 e. The number of carbonyl (C=O) groups excluding carboxylic acids is 1. The quantitative estimate of drug-likeness (QED) is 0.500. The fraction of sp³-hybridized carbons (Fsp3) is 0.182. The number of esters is 1. The van der Waals surface area contributed by atoms with Crippen LogP contribution in [-0.4, -0.2) is 32.3 Å². The van der Waals surface area contributed by atoms with E-state index in [9.17, 15) is 14.9 Å². The number of nitrogens with two attached hydrogens (primary N) is 1. The van der Waals surface area contributed by atoms with Crippen molar-refractivity contribution in [3.63, 3.8) is 0 Å². The average molecular weight is 277 g/mol. The van der Waals surface area contributed by atoms with Gasteiger partial charge in [0, 0.05) is 6.20 Å². The van der Waals surface area contributed by atoms with Crippen molar-refractivity contribution in [2.45, 2.75) is 6.92 Å². The fourth-order valence-corrected chi connectivity index (χ4v) is 1.61. The van der Waals surface area contributed by atoms with Crippen LogP contribution in [0.1, 0.15) is 17.3 Å². The fourth-order valence-electron chi connectivity index (χ4n) is 1.61. The summed E-state index contributed by atoms with van der Waals surface area (Å²) in [6, 6.07) is 1.39. The summed E-state index contributed by atoms with van der Waals surface area (Å²) < 4.78 is 5.92. The maximum absolute atomic E-state index is 11.6. The highest BCUT2D eigenvalue weighted by Crippen LogP contribution is 2.24. The van der Waals surface area contributed by atoms with Gasteiger partial charge in [0.15, 0.2) is 0 Å². The van der Waals surface area contributed by atoms with Crippen molar-refractivity contribution in [2.24, 2.45) is 0 Å². The third-order valence-corrected chi connectivity index (χ3v) is 2.50. The second-order valence-electron chi connectivity index (χ2n) is 3.70. The van der Waals surface area contributed by atoms with Gasteiger partial charge < -0.3 is 10.5 Å². The van der Waals surface area contributed by atoms with Crippen LogP contribution >= 0.6 is 0 Å². The summed E-state index contributed by atoms with van der Waals surface area (Å²) in [4.78, 5) is 25.6. The van der Waals surface area contributed by atoms with Gasteiger partial charge in [-0.15, -0.1) is 0 Å². The molecule has 2 heterocycles. The lowest BCUT2D eigenvalue weighted by Crippen LogP contribution is -2.10. The number of aromatic nitrogens is 3. The van der Waals surface area contributed by atoms with E-state index in [0.29, 0.717) is 0 Å². The molecule has 0 aromatic carbocycles. The Labute approximate surface area is 113 Å². The molecule has 0 unspecified atom stereocenters. The van der Waals surface area contributed by atoms with Crippen molar-refractivity contribution in [3.8, 4) is 5.69 Å². The monoisotopic (exact) mass is 277 g/mol. The van der Waals surface area contributed by atoms with Gasteiger partial charge in [0.05, 0.1) is 17.7 Å². The van der Waals surface area contributed by atoms with Gasteiger partial charge in [0.2, 0.25) is 0 Å². The molecule has 0 spiro atoms. The lowest BCUT2D eigenvalue weighted by atomic mass is 10.3. The Balaban J connectivity index is 2.50. The molecule has 9 nitrogen and oxygen atoms in total. The minimum Gasteiger partial charge on any atom is -0.462 e. The summed E-state index contributed by atoms with van der Waals surface area (Å²) in [5.74, 6) is -0.661. The van der Waals surface area contributed by atoms with Crippen LogP contribution in [0.4, 0.5) is 11.5 Å². The molecular formula is C11H11N5O4. The summed E-state index contributed by atoms with van der Waals surface area (Å²) in [5.41, 5.74) is 5.70. The molecule has 0 fully saturated rings. The Bertz CT molecular complexity index is 667. The zero-order valence-electron chi connectivity index (χ0n) is 10.5. The first-order valence-corrected chi connectivity index (χ1v) is 5.65. The SMILES string of the molecule is CCOC(=O)c1cnn(-c2ccncc2[N+](=O)[O-])c1N. The van der Waals surface area contributed by atoms with Crippen molar-refractivity contribution in [1.82, 2.24) is 14.8 Å². The van der Waals surface area contributed by atoms with E-state index in [1.165, 1.54) is 18.5 Å². The van der Waals surface area contributed by atoms with Crippen LogP contribution in [-0.2, 0) is 4.74 Å². The molecule has 20 heavy (non-hydrogen) atoms. The van der Waals surface area contributed by atoms with E-state index in [4.69, 9.17) is 10.5 Å². The van der Waals surface area contributed by atoms with Crippen LogP contribution in [0.15, 0.2) is 24.7 Å². The highest BCUT2D eigenvalue weighted by Gasteiger charge is 2.22. The zero-order valence-corrected chi connectivity index (χ0v) is 10.5. The van der Waals surface area contributed by atoms with E-state index in [1.807, 2.05) is 0 Å². The number of pyridine rings is 1. The molecule has 0 aliphatic rings. The Morgan fingerprint density at radius 1 is 1.55 bits per heavy atom. The molecule has 0 bridgehead atoms. The molecule has 0 aliphatic heterocycles. The Morgan fingerprint density at radius 3 is 2.95 bits per heavy atom. The number of nitrogen functional groups attached to an aromatic ring is 1. The highest BCUT2D eigenvalue weighted by atomic mass is 16.6. The number of nitrogens with zero attached hydrogens (tertiary/aromatic N) is 4. The van der Waals surface area contributed by atoms with Gasteiger partial charge >= 0.3 is 11.7 Å². The first-order chi connectivity index (χ1) is 9.56. The van der Waals surface area contributed by atoms with E-state index in [0.717, 1.165) is 10.9 Å². The molecule has 2 aromatic heterocycles. The Hall–Kier alpha value is -2.97. The largest absolute Gasteiger partial charge is 0.462 e. The number of hydrogen-bond acceptors (Lipinski definition) is 7. The van der Waals surface area contributed by atoms with Gasteiger partial charge in [-0.3, -0.25) is 15.1 Å². The molecule has 0 atom stereocenters. The second-order valence-corrected chi connectivity index (χ2v) is 3.70. The van der Waals surface area contributed by atoms with Crippen molar-refractivity contribution in [3.05, 3.63) is 40.3 Å². The van der Waals surface area contributed by atoms with Crippen molar-refractivity contribution >= 4 is 17.5 Å². The summed E-state index contributed by atoms with van der Waals surface area (Å²) >= 11 is 0. The minimum atomic E-state index is -0.632. The van der Waals surface area contributed by atoms with Gasteiger partial charge in [-0.2, -0.15) is 5.10 Å². The molecule has 0 aliphatic carbocycles. The van der Waals surface area contributed by atoms with Crippen LogP contribution in [0.3, 0.4) is 0 Å². The Morgan fingerprint density at radius 2 is 2.30 bits per heavy atom. The lowest BCUT2D eigenvalue weighted by molar-refractivity contribution is -0.384. The van der Waals surface area contributed by atoms with E-state index >= 15 is 0 Å². The maximum atomic E-state index is 11.6. The topological polar surface area (TPSA) is 126 Å². The summed E-state index contributed by atoms with van der Waals surface area (Å²) in [5, 5.41) is 14.8. The maximum Gasteiger partial charge on any atom is 0.343 e. The van der Waals surface area contributed by atoms with Crippen LogP contribution in [0.2, 0.25) is 0 Å². The molecule has 104 valence electrons.